The molecule has 0 aliphatic carbocycles. The molecule has 0 aromatic carbocycles. The van der Waals surface area contributed by atoms with Crippen LogP contribution in [0.3, 0.4) is 0 Å². The predicted octanol–water partition coefficient (Wildman–Crippen LogP) is 3.09. The molecule has 2 heterocycles. The van der Waals surface area contributed by atoms with E-state index in [1.807, 2.05) is 6.20 Å². The van der Waals surface area contributed by atoms with E-state index in [-0.39, 0.29) is 0 Å². The zero-order valence-corrected chi connectivity index (χ0v) is 12.6. The Morgan fingerprint density at radius 1 is 1.37 bits per heavy atom. The number of hydrogen-bond acceptors (Lipinski definition) is 4. The van der Waals surface area contributed by atoms with E-state index in [1.54, 1.807) is 0 Å². The van der Waals surface area contributed by atoms with Crippen molar-refractivity contribution in [2.75, 3.05) is 29.9 Å². The van der Waals surface area contributed by atoms with Gasteiger partial charge in [-0.25, -0.2) is 4.98 Å². The van der Waals surface area contributed by atoms with Gasteiger partial charge in [-0.15, -0.1) is 0 Å². The summed E-state index contributed by atoms with van der Waals surface area (Å²) >= 11 is 0. The molecule has 1 aliphatic rings. The molecule has 2 rings (SSSR count). The molecule has 4 nitrogen and oxygen atoms in total. The lowest BCUT2D eigenvalue weighted by Crippen LogP contribution is -2.39. The minimum Gasteiger partial charge on any atom is -0.356 e. The number of nitrogens with zero attached hydrogens (tertiary/aromatic N) is 3. The van der Waals surface area contributed by atoms with Gasteiger partial charge in [-0.1, -0.05) is 20.8 Å². The van der Waals surface area contributed by atoms with Crippen LogP contribution in [0, 0.1) is 18.8 Å². The molecule has 0 bridgehead atoms. The lowest BCUT2D eigenvalue weighted by molar-refractivity contribution is 0.322. The Bertz CT molecular complexity index is 419. The van der Waals surface area contributed by atoms with E-state index in [4.69, 9.17) is 4.98 Å². The SMILES string of the molecule is CCCNc1ncc(C)c(N2CCC(C)C(C)C2)n1. The summed E-state index contributed by atoms with van der Waals surface area (Å²) in [6, 6.07) is 0. The van der Waals surface area contributed by atoms with E-state index in [1.165, 1.54) is 12.0 Å². The monoisotopic (exact) mass is 262 g/mol. The quantitative estimate of drug-likeness (QED) is 0.905. The molecule has 0 spiro atoms. The standard InChI is InChI=1S/C15H26N4/c1-5-7-16-15-17-9-12(3)14(18-15)19-8-6-11(2)13(4)10-19/h9,11,13H,5-8,10H2,1-4H3,(H,16,17,18). The molecule has 0 radical (unpaired) electrons. The summed E-state index contributed by atoms with van der Waals surface area (Å²) in [4.78, 5) is 11.5. The number of aryl methyl sites for hydroxylation is 1. The summed E-state index contributed by atoms with van der Waals surface area (Å²) in [5.41, 5.74) is 1.17. The van der Waals surface area contributed by atoms with Crippen LogP contribution in [-0.2, 0) is 0 Å². The molecule has 1 N–H and O–H groups in total. The number of hydrogen-bond donors (Lipinski definition) is 1. The molecule has 2 atom stereocenters. The molecule has 1 aromatic heterocycles. The van der Waals surface area contributed by atoms with Gasteiger partial charge in [0, 0.05) is 31.4 Å². The van der Waals surface area contributed by atoms with Gasteiger partial charge in [0.15, 0.2) is 0 Å². The minimum absolute atomic E-state index is 0.732. The van der Waals surface area contributed by atoms with Crippen molar-refractivity contribution in [1.82, 2.24) is 9.97 Å². The van der Waals surface area contributed by atoms with Gasteiger partial charge in [0.25, 0.3) is 0 Å². The summed E-state index contributed by atoms with van der Waals surface area (Å²) in [5.74, 6) is 3.41. The topological polar surface area (TPSA) is 41.1 Å². The van der Waals surface area contributed by atoms with Crippen molar-refractivity contribution < 1.29 is 0 Å². The third-order valence-electron chi connectivity index (χ3n) is 4.11. The Labute approximate surface area is 116 Å². The Balaban J connectivity index is 2.14. The summed E-state index contributed by atoms with van der Waals surface area (Å²) in [6.45, 7) is 12.1. The fourth-order valence-electron chi connectivity index (χ4n) is 2.53. The molecular formula is C15H26N4. The van der Waals surface area contributed by atoms with Gasteiger partial charge >= 0.3 is 0 Å². The maximum Gasteiger partial charge on any atom is 0.224 e. The van der Waals surface area contributed by atoms with E-state index < -0.39 is 0 Å². The molecule has 1 aliphatic heterocycles. The van der Waals surface area contributed by atoms with Crippen molar-refractivity contribution in [2.24, 2.45) is 11.8 Å². The number of rotatable bonds is 4. The molecule has 4 heteroatoms. The van der Waals surface area contributed by atoms with Gasteiger partial charge in [-0.2, -0.15) is 4.98 Å². The van der Waals surface area contributed by atoms with Gasteiger partial charge in [0.2, 0.25) is 5.95 Å². The molecule has 1 aromatic rings. The summed E-state index contributed by atoms with van der Waals surface area (Å²) in [7, 11) is 0. The fourth-order valence-corrected chi connectivity index (χ4v) is 2.53. The maximum atomic E-state index is 4.70. The van der Waals surface area contributed by atoms with Crippen molar-refractivity contribution >= 4 is 11.8 Å². The molecule has 106 valence electrons. The van der Waals surface area contributed by atoms with Crippen molar-refractivity contribution in [2.45, 2.75) is 40.5 Å². The Hall–Kier alpha value is -1.32. The second-order valence-electron chi connectivity index (χ2n) is 5.82. The highest BCUT2D eigenvalue weighted by Gasteiger charge is 2.24. The predicted molar refractivity (Wildman–Crippen MR) is 80.7 cm³/mol. The van der Waals surface area contributed by atoms with Crippen LogP contribution < -0.4 is 10.2 Å². The first kappa shape index (κ1) is 14.1. The first-order valence-electron chi connectivity index (χ1n) is 7.44. The van der Waals surface area contributed by atoms with Crippen LogP contribution in [0.1, 0.15) is 39.2 Å². The lowest BCUT2D eigenvalue weighted by Gasteiger charge is -2.36. The summed E-state index contributed by atoms with van der Waals surface area (Å²) in [6.07, 6.45) is 4.27. The smallest absolute Gasteiger partial charge is 0.224 e. The van der Waals surface area contributed by atoms with Crippen LogP contribution in [0.15, 0.2) is 6.20 Å². The second kappa shape index (κ2) is 6.22. The minimum atomic E-state index is 0.732. The third-order valence-corrected chi connectivity index (χ3v) is 4.11. The first-order chi connectivity index (χ1) is 9.11. The van der Waals surface area contributed by atoms with Crippen LogP contribution in [0.4, 0.5) is 11.8 Å². The normalized spacial score (nSPS) is 23.5. The average Bonchev–Trinajstić information content (AvgIpc) is 2.41. The van der Waals surface area contributed by atoms with Crippen LogP contribution in [0.2, 0.25) is 0 Å². The zero-order chi connectivity index (χ0) is 13.8. The van der Waals surface area contributed by atoms with Crippen molar-refractivity contribution in [3.8, 4) is 0 Å². The molecular weight excluding hydrogens is 236 g/mol. The number of nitrogens with one attached hydrogen (secondary N) is 1. The van der Waals surface area contributed by atoms with Crippen molar-refractivity contribution in [3.05, 3.63) is 11.8 Å². The van der Waals surface area contributed by atoms with E-state index >= 15 is 0 Å². The number of piperidine rings is 1. The van der Waals surface area contributed by atoms with E-state index in [0.717, 1.165) is 49.7 Å². The average molecular weight is 262 g/mol. The number of anilines is 2. The first-order valence-corrected chi connectivity index (χ1v) is 7.44. The molecule has 1 fully saturated rings. The van der Waals surface area contributed by atoms with Crippen LogP contribution in [-0.4, -0.2) is 29.6 Å². The van der Waals surface area contributed by atoms with Crippen LogP contribution in [0.25, 0.3) is 0 Å². The van der Waals surface area contributed by atoms with Gasteiger partial charge in [0.05, 0.1) is 0 Å². The van der Waals surface area contributed by atoms with Gasteiger partial charge < -0.3 is 10.2 Å². The highest BCUT2D eigenvalue weighted by atomic mass is 15.2. The van der Waals surface area contributed by atoms with Crippen LogP contribution >= 0.6 is 0 Å². The van der Waals surface area contributed by atoms with Gasteiger partial charge in [-0.3, -0.25) is 0 Å². The van der Waals surface area contributed by atoms with E-state index in [0.29, 0.717) is 0 Å². The van der Waals surface area contributed by atoms with E-state index in [9.17, 15) is 0 Å². The fraction of sp³-hybridized carbons (Fsp3) is 0.733. The van der Waals surface area contributed by atoms with Crippen molar-refractivity contribution in [3.63, 3.8) is 0 Å². The summed E-state index contributed by atoms with van der Waals surface area (Å²) < 4.78 is 0. The lowest BCUT2D eigenvalue weighted by atomic mass is 9.88. The maximum absolute atomic E-state index is 4.70. The second-order valence-corrected chi connectivity index (χ2v) is 5.82. The van der Waals surface area contributed by atoms with Crippen LogP contribution in [0.5, 0.6) is 0 Å². The summed E-state index contributed by atoms with van der Waals surface area (Å²) in [5, 5.41) is 3.27. The number of aromatic nitrogens is 2. The Morgan fingerprint density at radius 3 is 2.84 bits per heavy atom. The highest BCUT2D eigenvalue weighted by Crippen LogP contribution is 2.27. The van der Waals surface area contributed by atoms with Crippen molar-refractivity contribution in [1.29, 1.82) is 0 Å². The molecule has 2 unspecified atom stereocenters. The Kier molecular flexibility index (Phi) is 4.61. The highest BCUT2D eigenvalue weighted by molar-refractivity contribution is 5.49. The van der Waals surface area contributed by atoms with E-state index in [2.05, 4.69) is 42.9 Å². The molecule has 19 heavy (non-hydrogen) atoms. The largest absolute Gasteiger partial charge is 0.356 e. The molecule has 0 saturated carbocycles. The molecule has 1 saturated heterocycles. The van der Waals surface area contributed by atoms with Gasteiger partial charge in [0.1, 0.15) is 5.82 Å². The Morgan fingerprint density at radius 2 is 2.16 bits per heavy atom. The molecule has 0 amide bonds. The van der Waals surface area contributed by atoms with Gasteiger partial charge in [-0.05, 0) is 31.6 Å². The third kappa shape index (κ3) is 3.37. The zero-order valence-electron chi connectivity index (χ0n) is 12.6.